The van der Waals surface area contributed by atoms with Gasteiger partial charge in [0.15, 0.2) is 6.10 Å². The fourth-order valence-corrected chi connectivity index (χ4v) is 4.38. The van der Waals surface area contributed by atoms with E-state index < -0.39 is 12.1 Å². The van der Waals surface area contributed by atoms with E-state index in [9.17, 15) is 14.7 Å². The van der Waals surface area contributed by atoms with Crippen molar-refractivity contribution < 1.29 is 19.4 Å². The highest BCUT2D eigenvalue weighted by atomic mass is 127. The molecular weight excluding hydrogens is 581 g/mol. The molecule has 3 N–H and O–H groups in total. The summed E-state index contributed by atoms with van der Waals surface area (Å²) >= 11 is 2.17. The van der Waals surface area contributed by atoms with E-state index in [-0.39, 0.29) is 12.5 Å². The molecule has 0 spiro atoms. The van der Waals surface area contributed by atoms with Gasteiger partial charge in [-0.3, -0.25) is 4.79 Å². The highest BCUT2D eigenvalue weighted by Gasteiger charge is 2.24. The van der Waals surface area contributed by atoms with Gasteiger partial charge in [-0.15, -0.1) is 0 Å². The van der Waals surface area contributed by atoms with Crippen LogP contribution >= 0.6 is 22.6 Å². The van der Waals surface area contributed by atoms with Crippen LogP contribution in [0.2, 0.25) is 0 Å². The molecule has 2 aromatic carbocycles. The number of allylic oxidation sites excluding steroid dienone is 1. The summed E-state index contributed by atoms with van der Waals surface area (Å²) in [5.41, 5.74) is 4.90. The maximum atomic E-state index is 12.5. The number of carboxylic acids is 1. The summed E-state index contributed by atoms with van der Waals surface area (Å²) in [6.07, 6.45) is 1.79. The lowest BCUT2D eigenvalue weighted by atomic mass is 9.95. The van der Waals surface area contributed by atoms with Crippen molar-refractivity contribution in [3.05, 3.63) is 104 Å². The summed E-state index contributed by atoms with van der Waals surface area (Å²) in [7, 11) is 0. The fourth-order valence-electron chi connectivity index (χ4n) is 3.83. The lowest BCUT2D eigenvalue weighted by Crippen LogP contribution is -2.23. The first-order valence-corrected chi connectivity index (χ1v) is 13.1. The Labute approximate surface area is 231 Å². The smallest absolute Gasteiger partial charge is 0.337 e. The van der Waals surface area contributed by atoms with E-state index in [2.05, 4.69) is 44.8 Å². The fraction of sp³-hybridized carbons (Fsp3) is 0.276. The zero-order valence-electron chi connectivity index (χ0n) is 21.1. The number of pyridine rings is 1. The van der Waals surface area contributed by atoms with E-state index in [0.29, 0.717) is 37.1 Å². The van der Waals surface area contributed by atoms with Gasteiger partial charge >= 0.3 is 5.97 Å². The van der Waals surface area contributed by atoms with Crippen molar-refractivity contribution in [1.29, 1.82) is 0 Å². The molecule has 0 aliphatic carbocycles. The van der Waals surface area contributed by atoms with Crippen LogP contribution < -0.4 is 10.6 Å². The molecule has 1 amide bonds. The van der Waals surface area contributed by atoms with Crippen molar-refractivity contribution in [3.8, 4) is 0 Å². The molecular formula is C29H32IN3O4. The minimum absolute atomic E-state index is 0.162. The number of nitrogens with one attached hydrogen (secondary N) is 2. The van der Waals surface area contributed by atoms with Gasteiger partial charge < -0.3 is 20.5 Å². The number of aryl methyl sites for hydroxylation is 1. The Kier molecular flexibility index (Phi) is 10.6. The molecule has 3 rings (SSSR count). The number of ether oxygens (including phenoxy) is 1. The first kappa shape index (κ1) is 28.3. The van der Waals surface area contributed by atoms with Crippen molar-refractivity contribution >= 4 is 40.3 Å². The number of anilines is 1. The molecule has 1 atom stereocenters. The number of aliphatic carboxylic acids is 1. The number of halogens is 1. The number of carbonyl (C=O) groups is 2. The van der Waals surface area contributed by atoms with Crippen LogP contribution in [0, 0.1) is 10.5 Å². The minimum Gasteiger partial charge on any atom is -0.479 e. The van der Waals surface area contributed by atoms with Gasteiger partial charge in [-0.2, -0.15) is 0 Å². The normalized spacial score (nSPS) is 11.5. The van der Waals surface area contributed by atoms with Crippen LogP contribution in [0.5, 0.6) is 0 Å². The molecule has 0 bridgehead atoms. The number of carbonyl (C=O) groups excluding carboxylic acids is 1. The molecule has 7 nitrogen and oxygen atoms in total. The molecule has 0 radical (unpaired) electrons. The Balaban J connectivity index is 1.64. The van der Waals surface area contributed by atoms with Gasteiger partial charge in [0, 0.05) is 35.0 Å². The summed E-state index contributed by atoms with van der Waals surface area (Å²) in [5.74, 6) is -0.426. The van der Waals surface area contributed by atoms with E-state index in [1.807, 2.05) is 56.3 Å². The van der Waals surface area contributed by atoms with Crippen LogP contribution in [0.15, 0.2) is 72.9 Å². The highest BCUT2D eigenvalue weighted by molar-refractivity contribution is 14.1. The van der Waals surface area contributed by atoms with Crippen LogP contribution in [-0.4, -0.2) is 35.1 Å². The Morgan fingerprint density at radius 3 is 2.68 bits per heavy atom. The molecule has 8 heteroatoms. The van der Waals surface area contributed by atoms with Gasteiger partial charge in [-0.05, 0) is 102 Å². The third kappa shape index (κ3) is 8.98. The van der Waals surface area contributed by atoms with E-state index in [0.717, 1.165) is 31.7 Å². The Morgan fingerprint density at radius 2 is 1.97 bits per heavy atom. The molecule has 0 fully saturated rings. The van der Waals surface area contributed by atoms with Crippen LogP contribution in [0.1, 0.15) is 52.1 Å². The minimum atomic E-state index is -1.10. The average molecular weight is 613 g/mol. The first-order chi connectivity index (χ1) is 17.7. The maximum Gasteiger partial charge on any atom is 0.337 e. The van der Waals surface area contributed by atoms with Gasteiger partial charge in [0.2, 0.25) is 0 Å². The largest absolute Gasteiger partial charge is 0.479 e. The summed E-state index contributed by atoms with van der Waals surface area (Å²) in [6.45, 7) is 9.10. The van der Waals surface area contributed by atoms with E-state index >= 15 is 0 Å². The maximum absolute atomic E-state index is 12.5. The molecule has 1 heterocycles. The predicted molar refractivity (Wildman–Crippen MR) is 154 cm³/mol. The molecule has 3 aromatic rings. The van der Waals surface area contributed by atoms with E-state index in [4.69, 9.17) is 4.74 Å². The van der Waals surface area contributed by atoms with Crippen molar-refractivity contribution in [2.24, 2.45) is 0 Å². The molecule has 1 aromatic heterocycles. The van der Waals surface area contributed by atoms with Crippen LogP contribution in [-0.2, 0) is 22.5 Å². The topological polar surface area (TPSA) is 101 Å². The zero-order valence-corrected chi connectivity index (χ0v) is 23.2. The van der Waals surface area contributed by atoms with Crippen molar-refractivity contribution in [2.75, 3.05) is 18.5 Å². The molecule has 0 saturated heterocycles. The number of hydrogen-bond donors (Lipinski definition) is 3. The molecule has 0 aliphatic rings. The second-order valence-electron chi connectivity index (χ2n) is 8.95. The SMILES string of the molecule is C=C(C)Cc1cc(CNC(=O)c2cccc(I)c2)ccc1C(OCCCNc1cc(C)ccn1)C(=O)O. The number of hydrogen-bond acceptors (Lipinski definition) is 5. The number of carboxylic acid groups (broad SMARTS) is 1. The van der Waals surface area contributed by atoms with Crippen molar-refractivity contribution in [2.45, 2.75) is 39.3 Å². The van der Waals surface area contributed by atoms with Gasteiger partial charge in [0.1, 0.15) is 5.82 Å². The Morgan fingerprint density at radius 1 is 1.16 bits per heavy atom. The number of aromatic nitrogens is 1. The first-order valence-electron chi connectivity index (χ1n) is 12.0. The molecule has 0 saturated carbocycles. The molecule has 1 unspecified atom stereocenters. The predicted octanol–water partition coefficient (Wildman–Crippen LogP) is 5.69. The second kappa shape index (κ2) is 13.9. The standard InChI is InChI=1S/C29H32IN3O4/c1-19(2)14-23-16-21(18-33-28(34)22-6-4-7-24(30)17-22)8-9-25(23)27(29(35)36)37-13-5-11-31-26-15-20(3)10-12-32-26/h4,6-10,12,15-17,27H,1,5,11,13-14,18H2,2-3H3,(H,31,32)(H,33,34)(H,35,36). The van der Waals surface area contributed by atoms with Gasteiger partial charge in [-0.1, -0.05) is 36.4 Å². The number of benzene rings is 2. The Bertz CT molecular complexity index is 1260. The van der Waals surface area contributed by atoms with Crippen molar-refractivity contribution in [3.63, 3.8) is 0 Å². The molecule has 194 valence electrons. The van der Waals surface area contributed by atoms with Gasteiger partial charge in [-0.25, -0.2) is 9.78 Å². The monoisotopic (exact) mass is 613 g/mol. The van der Waals surface area contributed by atoms with Crippen LogP contribution in [0.25, 0.3) is 0 Å². The number of rotatable bonds is 13. The summed E-state index contributed by atoms with van der Waals surface area (Å²) in [5, 5.41) is 16.1. The van der Waals surface area contributed by atoms with Gasteiger partial charge in [0.25, 0.3) is 5.91 Å². The van der Waals surface area contributed by atoms with Crippen LogP contribution in [0.4, 0.5) is 5.82 Å². The summed E-state index contributed by atoms with van der Waals surface area (Å²) in [4.78, 5) is 28.9. The lowest BCUT2D eigenvalue weighted by molar-refractivity contribution is -0.151. The molecule has 0 aliphatic heterocycles. The number of amides is 1. The van der Waals surface area contributed by atoms with E-state index in [1.54, 1.807) is 18.3 Å². The lowest BCUT2D eigenvalue weighted by Gasteiger charge is -2.19. The highest BCUT2D eigenvalue weighted by Crippen LogP contribution is 2.26. The zero-order chi connectivity index (χ0) is 26.8. The van der Waals surface area contributed by atoms with Gasteiger partial charge in [0.05, 0.1) is 0 Å². The molecule has 37 heavy (non-hydrogen) atoms. The van der Waals surface area contributed by atoms with Crippen LogP contribution in [0.3, 0.4) is 0 Å². The third-order valence-electron chi connectivity index (χ3n) is 5.57. The second-order valence-corrected chi connectivity index (χ2v) is 10.2. The quantitative estimate of drug-likeness (QED) is 0.130. The van der Waals surface area contributed by atoms with Crippen molar-refractivity contribution in [1.82, 2.24) is 10.3 Å². The Hall–Kier alpha value is -3.24. The summed E-state index contributed by atoms with van der Waals surface area (Å²) < 4.78 is 6.81. The average Bonchev–Trinajstić information content (AvgIpc) is 2.85. The van der Waals surface area contributed by atoms with E-state index in [1.165, 1.54) is 0 Å². The third-order valence-corrected chi connectivity index (χ3v) is 6.24. The number of nitrogens with zero attached hydrogens (tertiary/aromatic N) is 1. The summed E-state index contributed by atoms with van der Waals surface area (Å²) in [6, 6.07) is 16.8.